The van der Waals surface area contributed by atoms with Crippen molar-refractivity contribution in [3.8, 4) is 11.1 Å². The molecule has 0 spiro atoms. The van der Waals surface area contributed by atoms with Crippen LogP contribution in [0.3, 0.4) is 0 Å². The number of aromatic nitrogens is 1. The van der Waals surface area contributed by atoms with Crippen LogP contribution in [-0.4, -0.2) is 46.2 Å². The predicted octanol–water partition coefficient (Wildman–Crippen LogP) is 3.24. The first-order valence-electron chi connectivity index (χ1n) is 10.7. The van der Waals surface area contributed by atoms with E-state index in [0.717, 1.165) is 0 Å². The van der Waals surface area contributed by atoms with E-state index in [2.05, 4.69) is 15.6 Å². The Hall–Kier alpha value is -4.07. The summed E-state index contributed by atoms with van der Waals surface area (Å²) in [5.41, 5.74) is 2.16. The predicted molar refractivity (Wildman–Crippen MR) is 120 cm³/mol. The minimum Gasteiger partial charge on any atom is -0.349 e. The third kappa shape index (κ3) is 3.95. The molecule has 1 aromatic heterocycles. The van der Waals surface area contributed by atoms with Crippen LogP contribution in [0, 0.1) is 5.82 Å². The van der Waals surface area contributed by atoms with Crippen LogP contribution in [0.1, 0.15) is 33.6 Å². The number of benzene rings is 2. The van der Waals surface area contributed by atoms with Crippen molar-refractivity contribution >= 4 is 23.4 Å². The van der Waals surface area contributed by atoms with Gasteiger partial charge < -0.3 is 15.5 Å². The zero-order valence-electron chi connectivity index (χ0n) is 17.6. The Bertz CT molecular complexity index is 1250. The molecule has 2 aromatic carbocycles. The summed E-state index contributed by atoms with van der Waals surface area (Å²) in [6.45, 7) is 0.321. The van der Waals surface area contributed by atoms with E-state index < -0.39 is 6.04 Å². The summed E-state index contributed by atoms with van der Waals surface area (Å²) in [5.74, 6) is -1.21. The molecular weight excluding hydrogens is 423 g/mol. The van der Waals surface area contributed by atoms with Crippen molar-refractivity contribution in [1.29, 1.82) is 0 Å². The lowest BCUT2D eigenvalue weighted by atomic mass is 9.95. The van der Waals surface area contributed by atoms with Gasteiger partial charge in [0.25, 0.3) is 11.8 Å². The van der Waals surface area contributed by atoms with Gasteiger partial charge in [-0.3, -0.25) is 19.4 Å². The maximum absolute atomic E-state index is 14.3. The Labute approximate surface area is 189 Å². The summed E-state index contributed by atoms with van der Waals surface area (Å²) < 4.78 is 14.3. The summed E-state index contributed by atoms with van der Waals surface area (Å²) in [4.78, 5) is 44.3. The van der Waals surface area contributed by atoms with Gasteiger partial charge in [0, 0.05) is 36.1 Å². The highest BCUT2D eigenvalue weighted by Crippen LogP contribution is 2.32. The summed E-state index contributed by atoms with van der Waals surface area (Å²) >= 11 is 0. The molecule has 5 rings (SSSR count). The second kappa shape index (κ2) is 8.46. The second-order valence-electron chi connectivity index (χ2n) is 8.17. The van der Waals surface area contributed by atoms with Crippen molar-refractivity contribution in [3.63, 3.8) is 0 Å². The fourth-order valence-electron chi connectivity index (χ4n) is 4.42. The lowest BCUT2D eigenvalue weighted by molar-refractivity contribution is -0.121. The van der Waals surface area contributed by atoms with Gasteiger partial charge in [-0.1, -0.05) is 24.3 Å². The summed E-state index contributed by atoms with van der Waals surface area (Å²) in [5, 5.41) is 5.79. The molecular formula is C25H21FN4O3. The Morgan fingerprint density at radius 1 is 1.06 bits per heavy atom. The van der Waals surface area contributed by atoms with Gasteiger partial charge in [0.05, 0.1) is 11.3 Å². The van der Waals surface area contributed by atoms with E-state index in [0.29, 0.717) is 47.3 Å². The number of carbonyl (C=O) groups excluding carboxylic acids is 3. The molecule has 2 N–H and O–H groups in total. The van der Waals surface area contributed by atoms with Crippen LogP contribution in [0.2, 0.25) is 0 Å². The number of amides is 3. The molecule has 2 atom stereocenters. The minimum absolute atomic E-state index is 0.242. The Balaban J connectivity index is 1.38. The average molecular weight is 444 g/mol. The van der Waals surface area contributed by atoms with E-state index in [-0.39, 0.29) is 29.6 Å². The highest BCUT2D eigenvalue weighted by Gasteiger charge is 2.40. The van der Waals surface area contributed by atoms with Gasteiger partial charge in [-0.25, -0.2) is 4.39 Å². The SMILES string of the molecule is O=C(N[C@H]1CCN2C(=O)c3cc(-c4ccccc4F)ccc3NC(=O)[C@@H]2C1)c1ccncc1. The first kappa shape index (κ1) is 20.8. The lowest BCUT2D eigenvalue weighted by Gasteiger charge is -2.37. The molecule has 2 aliphatic rings. The van der Waals surface area contributed by atoms with E-state index in [4.69, 9.17) is 0 Å². The molecule has 0 unspecified atom stereocenters. The quantitative estimate of drug-likeness (QED) is 0.649. The van der Waals surface area contributed by atoms with Crippen molar-refractivity contribution < 1.29 is 18.8 Å². The van der Waals surface area contributed by atoms with Crippen molar-refractivity contribution in [2.24, 2.45) is 0 Å². The van der Waals surface area contributed by atoms with Crippen LogP contribution in [0.15, 0.2) is 67.0 Å². The number of rotatable bonds is 3. The molecule has 3 heterocycles. The number of anilines is 1. The molecule has 1 saturated heterocycles. The number of pyridine rings is 1. The lowest BCUT2D eigenvalue weighted by Crippen LogP contribution is -2.55. The van der Waals surface area contributed by atoms with Gasteiger partial charge in [-0.2, -0.15) is 0 Å². The van der Waals surface area contributed by atoms with Crippen LogP contribution >= 0.6 is 0 Å². The Morgan fingerprint density at radius 3 is 2.64 bits per heavy atom. The Morgan fingerprint density at radius 2 is 1.85 bits per heavy atom. The first-order chi connectivity index (χ1) is 16.0. The molecule has 0 aliphatic carbocycles. The van der Waals surface area contributed by atoms with Crippen molar-refractivity contribution in [1.82, 2.24) is 15.2 Å². The highest BCUT2D eigenvalue weighted by atomic mass is 19.1. The van der Waals surface area contributed by atoms with Crippen LogP contribution in [0.5, 0.6) is 0 Å². The molecule has 33 heavy (non-hydrogen) atoms. The van der Waals surface area contributed by atoms with Gasteiger partial charge in [0.2, 0.25) is 5.91 Å². The van der Waals surface area contributed by atoms with E-state index >= 15 is 0 Å². The zero-order valence-corrected chi connectivity index (χ0v) is 17.6. The largest absolute Gasteiger partial charge is 0.349 e. The van der Waals surface area contributed by atoms with Crippen molar-refractivity contribution in [2.75, 3.05) is 11.9 Å². The summed E-state index contributed by atoms with van der Waals surface area (Å²) in [6.07, 6.45) is 3.92. The number of halogens is 1. The monoisotopic (exact) mass is 444 g/mol. The number of carbonyl (C=O) groups is 3. The van der Waals surface area contributed by atoms with E-state index in [1.165, 1.54) is 6.07 Å². The van der Waals surface area contributed by atoms with Gasteiger partial charge >= 0.3 is 0 Å². The first-order valence-corrected chi connectivity index (χ1v) is 10.7. The van der Waals surface area contributed by atoms with Crippen LogP contribution < -0.4 is 10.6 Å². The third-order valence-corrected chi connectivity index (χ3v) is 6.14. The molecule has 2 aliphatic heterocycles. The van der Waals surface area contributed by atoms with Gasteiger partial charge in [0.15, 0.2) is 0 Å². The molecule has 3 amide bonds. The maximum Gasteiger partial charge on any atom is 0.256 e. The number of piperidine rings is 1. The second-order valence-corrected chi connectivity index (χ2v) is 8.17. The normalized spacial score (nSPS) is 19.7. The van der Waals surface area contributed by atoms with Crippen LogP contribution in [-0.2, 0) is 4.79 Å². The summed E-state index contributed by atoms with van der Waals surface area (Å²) in [6, 6.07) is 13.6. The van der Waals surface area contributed by atoms with Crippen molar-refractivity contribution in [3.05, 3.63) is 83.9 Å². The molecule has 166 valence electrons. The summed E-state index contributed by atoms with van der Waals surface area (Å²) in [7, 11) is 0. The maximum atomic E-state index is 14.3. The topological polar surface area (TPSA) is 91.4 Å². The van der Waals surface area contributed by atoms with Crippen LogP contribution in [0.4, 0.5) is 10.1 Å². The van der Waals surface area contributed by atoms with Crippen LogP contribution in [0.25, 0.3) is 11.1 Å². The average Bonchev–Trinajstić information content (AvgIpc) is 2.94. The van der Waals surface area contributed by atoms with Gasteiger partial charge in [0.1, 0.15) is 11.9 Å². The highest BCUT2D eigenvalue weighted by molar-refractivity contribution is 6.10. The number of hydrogen-bond donors (Lipinski definition) is 2. The molecule has 8 heteroatoms. The molecule has 0 radical (unpaired) electrons. The molecule has 1 fully saturated rings. The third-order valence-electron chi connectivity index (χ3n) is 6.14. The number of nitrogens with zero attached hydrogens (tertiary/aromatic N) is 2. The Kier molecular flexibility index (Phi) is 5.34. The molecule has 0 saturated carbocycles. The van der Waals surface area contributed by atoms with Crippen molar-refractivity contribution in [2.45, 2.75) is 24.9 Å². The molecule has 3 aromatic rings. The van der Waals surface area contributed by atoms with E-state index in [1.54, 1.807) is 65.8 Å². The molecule has 7 nitrogen and oxygen atoms in total. The van der Waals surface area contributed by atoms with E-state index in [1.807, 2.05) is 0 Å². The fourth-order valence-corrected chi connectivity index (χ4v) is 4.42. The number of fused-ring (bicyclic) bond motifs is 2. The number of hydrogen-bond acceptors (Lipinski definition) is 4. The number of nitrogens with one attached hydrogen (secondary N) is 2. The fraction of sp³-hybridized carbons (Fsp3) is 0.200. The minimum atomic E-state index is -0.710. The molecule has 0 bridgehead atoms. The van der Waals surface area contributed by atoms with E-state index in [9.17, 15) is 18.8 Å². The zero-order chi connectivity index (χ0) is 22.9. The van der Waals surface area contributed by atoms with Gasteiger partial charge in [-0.15, -0.1) is 0 Å². The smallest absolute Gasteiger partial charge is 0.256 e. The standard InChI is InChI=1S/C25H21FN4O3/c26-20-4-2-1-3-18(20)16-5-6-21-19(13-16)25(33)30-12-9-17(14-22(30)24(32)29-21)28-23(31)15-7-10-27-11-8-15/h1-8,10-11,13,17,22H,9,12,14H2,(H,28,31)(H,29,32)/t17-,22-/m0/s1. The van der Waals surface area contributed by atoms with Gasteiger partial charge in [-0.05, 0) is 48.7 Å².